The Morgan fingerprint density at radius 1 is 1.47 bits per heavy atom. The highest BCUT2D eigenvalue weighted by atomic mass is 35.5. The minimum absolute atomic E-state index is 0.548. The van der Waals surface area contributed by atoms with Crippen LogP contribution in [0.4, 0.5) is 5.69 Å². The summed E-state index contributed by atoms with van der Waals surface area (Å²) in [5.41, 5.74) is 1.06. The minimum Gasteiger partial charge on any atom is -0.385 e. The fraction of sp³-hybridized carbons (Fsp3) is 0.667. The molecule has 1 aromatic heterocycles. The molecule has 1 fully saturated rings. The molecule has 1 aliphatic heterocycles. The van der Waals surface area contributed by atoms with Crippen molar-refractivity contribution in [2.45, 2.75) is 32.6 Å². The monoisotopic (exact) mass is 281 g/mol. The molecular formula is C15H24ClN3. The number of likely N-dealkylation sites (tertiary alicyclic amines) is 1. The third-order valence-corrected chi connectivity index (χ3v) is 3.90. The zero-order chi connectivity index (χ0) is 13.5. The van der Waals surface area contributed by atoms with Crippen LogP contribution in [-0.2, 0) is 0 Å². The van der Waals surface area contributed by atoms with Gasteiger partial charge in [-0.1, -0.05) is 18.5 Å². The Morgan fingerprint density at radius 2 is 2.37 bits per heavy atom. The number of piperidine rings is 1. The van der Waals surface area contributed by atoms with Crippen LogP contribution in [0.15, 0.2) is 18.3 Å². The Balaban J connectivity index is 1.57. The minimum atomic E-state index is 0.548. The van der Waals surface area contributed by atoms with Crippen molar-refractivity contribution in [2.24, 2.45) is 5.92 Å². The van der Waals surface area contributed by atoms with Crippen LogP contribution < -0.4 is 5.32 Å². The number of rotatable bonds is 6. The quantitative estimate of drug-likeness (QED) is 0.637. The van der Waals surface area contributed by atoms with Gasteiger partial charge in [-0.3, -0.25) is 0 Å². The molecule has 0 amide bonds. The lowest BCUT2D eigenvalue weighted by atomic mass is 10.0. The molecule has 1 unspecified atom stereocenters. The molecule has 1 saturated heterocycles. The van der Waals surface area contributed by atoms with Crippen LogP contribution in [0.25, 0.3) is 0 Å². The number of anilines is 1. The lowest BCUT2D eigenvalue weighted by Crippen LogP contribution is -2.35. The molecule has 1 aromatic rings. The molecule has 0 spiro atoms. The molecule has 1 N–H and O–H groups in total. The van der Waals surface area contributed by atoms with Crippen LogP contribution in [0.5, 0.6) is 0 Å². The third kappa shape index (κ3) is 5.37. The first-order chi connectivity index (χ1) is 9.24. The van der Waals surface area contributed by atoms with Gasteiger partial charge in [0.25, 0.3) is 0 Å². The second-order valence-electron chi connectivity index (χ2n) is 5.55. The summed E-state index contributed by atoms with van der Waals surface area (Å²) in [7, 11) is 0. The summed E-state index contributed by atoms with van der Waals surface area (Å²) >= 11 is 5.84. The van der Waals surface area contributed by atoms with E-state index < -0.39 is 0 Å². The number of pyridine rings is 1. The Hall–Kier alpha value is -0.800. The smallest absolute Gasteiger partial charge is 0.131 e. The molecule has 0 saturated carbocycles. The SMILES string of the molecule is CC1CCCN(CCCCNc2ccnc(Cl)c2)C1. The van der Waals surface area contributed by atoms with Crippen molar-refractivity contribution >= 4 is 17.3 Å². The fourth-order valence-corrected chi connectivity index (χ4v) is 2.87. The Bertz CT molecular complexity index is 383. The zero-order valence-electron chi connectivity index (χ0n) is 11.7. The number of halogens is 1. The van der Waals surface area contributed by atoms with Crippen LogP contribution in [0, 0.1) is 5.92 Å². The number of hydrogen-bond donors (Lipinski definition) is 1. The summed E-state index contributed by atoms with van der Waals surface area (Å²) in [5, 5.41) is 3.94. The number of unbranched alkanes of at least 4 members (excludes halogenated alkanes) is 1. The summed E-state index contributed by atoms with van der Waals surface area (Å²) in [5.74, 6) is 0.880. The van der Waals surface area contributed by atoms with E-state index in [0.717, 1.165) is 18.2 Å². The maximum atomic E-state index is 5.84. The first kappa shape index (κ1) is 14.6. The first-order valence-corrected chi connectivity index (χ1v) is 7.69. The molecule has 4 heteroatoms. The van der Waals surface area contributed by atoms with Gasteiger partial charge < -0.3 is 10.2 Å². The summed E-state index contributed by atoms with van der Waals surface area (Å²) in [4.78, 5) is 6.58. The van der Waals surface area contributed by atoms with Crippen molar-refractivity contribution < 1.29 is 0 Å². The number of hydrogen-bond acceptors (Lipinski definition) is 3. The summed E-state index contributed by atoms with van der Waals surface area (Å²) in [6.45, 7) is 7.18. The molecule has 2 heterocycles. The van der Waals surface area contributed by atoms with Gasteiger partial charge in [0.1, 0.15) is 5.15 Å². The molecule has 106 valence electrons. The second kappa shape index (κ2) is 7.71. The lowest BCUT2D eigenvalue weighted by Gasteiger charge is -2.30. The molecule has 0 aromatic carbocycles. The highest BCUT2D eigenvalue weighted by Crippen LogP contribution is 2.16. The van der Waals surface area contributed by atoms with Crippen LogP contribution in [0.3, 0.4) is 0 Å². The van der Waals surface area contributed by atoms with Gasteiger partial charge in [-0.05, 0) is 56.8 Å². The summed E-state index contributed by atoms with van der Waals surface area (Å²) in [6, 6.07) is 3.83. The van der Waals surface area contributed by atoms with Gasteiger partial charge in [0.15, 0.2) is 0 Å². The lowest BCUT2D eigenvalue weighted by molar-refractivity contribution is 0.181. The molecule has 0 bridgehead atoms. The van der Waals surface area contributed by atoms with Gasteiger partial charge in [-0.15, -0.1) is 0 Å². The van der Waals surface area contributed by atoms with E-state index in [1.807, 2.05) is 12.1 Å². The molecular weight excluding hydrogens is 258 g/mol. The summed E-state index contributed by atoms with van der Waals surface area (Å²) in [6.07, 6.45) is 6.97. The zero-order valence-corrected chi connectivity index (χ0v) is 12.5. The average molecular weight is 282 g/mol. The van der Waals surface area contributed by atoms with Crippen molar-refractivity contribution in [1.29, 1.82) is 0 Å². The van der Waals surface area contributed by atoms with Crippen LogP contribution in [0.1, 0.15) is 32.6 Å². The molecule has 0 aliphatic carbocycles. The van der Waals surface area contributed by atoms with Gasteiger partial charge in [0.2, 0.25) is 0 Å². The molecule has 19 heavy (non-hydrogen) atoms. The summed E-state index contributed by atoms with van der Waals surface area (Å²) < 4.78 is 0. The van der Waals surface area contributed by atoms with Gasteiger partial charge in [-0.2, -0.15) is 0 Å². The molecule has 2 rings (SSSR count). The van der Waals surface area contributed by atoms with Gasteiger partial charge in [-0.25, -0.2) is 4.98 Å². The highest BCUT2D eigenvalue weighted by molar-refractivity contribution is 6.29. The van der Waals surface area contributed by atoms with E-state index in [-0.39, 0.29) is 0 Å². The third-order valence-electron chi connectivity index (χ3n) is 3.70. The standard InChI is InChI=1S/C15H24ClN3/c1-13-5-4-10-19(12-13)9-3-2-7-17-14-6-8-18-15(16)11-14/h6,8,11,13H,2-5,7,9-10,12H2,1H3,(H,17,18). The predicted octanol–water partition coefficient (Wildman–Crippen LogP) is 3.66. The van der Waals surface area contributed by atoms with Crippen LogP contribution in [-0.4, -0.2) is 36.1 Å². The van der Waals surface area contributed by atoms with Crippen molar-refractivity contribution in [3.63, 3.8) is 0 Å². The van der Waals surface area contributed by atoms with Crippen molar-refractivity contribution in [3.05, 3.63) is 23.5 Å². The molecule has 1 aliphatic rings. The fourth-order valence-electron chi connectivity index (χ4n) is 2.70. The number of nitrogens with zero attached hydrogens (tertiary/aromatic N) is 2. The van der Waals surface area contributed by atoms with Crippen molar-refractivity contribution in [2.75, 3.05) is 31.5 Å². The molecule has 0 radical (unpaired) electrons. The average Bonchev–Trinajstić information content (AvgIpc) is 2.38. The normalized spacial score (nSPS) is 20.4. The largest absolute Gasteiger partial charge is 0.385 e. The van der Waals surface area contributed by atoms with E-state index in [0.29, 0.717) is 5.15 Å². The Kier molecular flexibility index (Phi) is 5.93. The van der Waals surface area contributed by atoms with E-state index in [2.05, 4.69) is 22.1 Å². The van der Waals surface area contributed by atoms with E-state index in [1.165, 1.54) is 45.3 Å². The van der Waals surface area contributed by atoms with Crippen LogP contribution in [0.2, 0.25) is 5.15 Å². The molecule has 1 atom stereocenters. The second-order valence-corrected chi connectivity index (χ2v) is 5.94. The Labute approximate surface area is 121 Å². The van der Waals surface area contributed by atoms with E-state index in [1.54, 1.807) is 6.20 Å². The van der Waals surface area contributed by atoms with Gasteiger partial charge in [0, 0.05) is 25.0 Å². The van der Waals surface area contributed by atoms with Crippen molar-refractivity contribution in [3.8, 4) is 0 Å². The van der Waals surface area contributed by atoms with E-state index in [9.17, 15) is 0 Å². The van der Waals surface area contributed by atoms with Gasteiger partial charge >= 0.3 is 0 Å². The maximum absolute atomic E-state index is 5.84. The number of aromatic nitrogens is 1. The van der Waals surface area contributed by atoms with E-state index in [4.69, 9.17) is 11.6 Å². The topological polar surface area (TPSA) is 28.2 Å². The maximum Gasteiger partial charge on any atom is 0.131 e. The van der Waals surface area contributed by atoms with Crippen molar-refractivity contribution in [1.82, 2.24) is 9.88 Å². The highest BCUT2D eigenvalue weighted by Gasteiger charge is 2.15. The number of nitrogens with one attached hydrogen (secondary N) is 1. The molecule has 3 nitrogen and oxygen atoms in total. The van der Waals surface area contributed by atoms with E-state index >= 15 is 0 Å². The first-order valence-electron chi connectivity index (χ1n) is 7.32. The van der Waals surface area contributed by atoms with Gasteiger partial charge in [0.05, 0.1) is 0 Å². The predicted molar refractivity (Wildman–Crippen MR) is 81.8 cm³/mol. The van der Waals surface area contributed by atoms with Crippen LogP contribution >= 0.6 is 11.6 Å². The Morgan fingerprint density at radius 3 is 3.16 bits per heavy atom.